The lowest BCUT2D eigenvalue weighted by Crippen LogP contribution is -2.20. The Labute approximate surface area is 180 Å². The number of Topliss-reactive ketones (excluding diaryl/α,β-unsaturated/α-hetero) is 1. The number of ether oxygens (including phenoxy) is 1. The number of aromatic nitrogens is 1. The molecule has 0 spiro atoms. The second kappa shape index (κ2) is 8.65. The monoisotopic (exact) mass is 437 g/mol. The van der Waals surface area contributed by atoms with Crippen LogP contribution in [-0.2, 0) is 14.3 Å². The Balaban J connectivity index is 1.35. The number of benzene rings is 2. The molecule has 0 N–H and O–H groups in total. The van der Waals surface area contributed by atoms with E-state index in [-0.39, 0.29) is 11.3 Å². The predicted octanol–water partition coefficient (Wildman–Crippen LogP) is 4.01. The third-order valence-corrected chi connectivity index (χ3v) is 6.33. The third kappa shape index (κ3) is 4.06. The normalized spacial score (nSPS) is 14.3. The van der Waals surface area contributed by atoms with Gasteiger partial charge in [0.1, 0.15) is 27.9 Å². The summed E-state index contributed by atoms with van der Waals surface area (Å²) in [5.74, 6) is -1.19. The Bertz CT molecular complexity index is 1180. The number of hydrogen-bond acceptors (Lipinski definition) is 9. The summed E-state index contributed by atoms with van der Waals surface area (Å²) in [5.41, 5.74) is 2.23. The Kier molecular flexibility index (Phi) is 5.79. The topological polar surface area (TPSA) is 96.4 Å². The lowest BCUT2D eigenvalue weighted by atomic mass is 10.2. The number of fused-ring (bicyclic) bond motifs is 2. The average molecular weight is 438 g/mol. The van der Waals surface area contributed by atoms with Crippen LogP contribution in [0.2, 0.25) is 0 Å². The van der Waals surface area contributed by atoms with Crippen molar-refractivity contribution in [2.45, 2.75) is 10.1 Å². The SMILES string of the molecule is CN1/C(=C(/C#N)C(=O)COC(=O)CSc2nc3ccccc3o2)Sc2ccccc21. The number of nitriles is 1. The maximum absolute atomic E-state index is 12.5. The van der Waals surface area contributed by atoms with Crippen LogP contribution >= 0.6 is 23.5 Å². The van der Waals surface area contributed by atoms with Gasteiger partial charge >= 0.3 is 5.97 Å². The molecule has 7 nitrogen and oxygen atoms in total. The van der Waals surface area contributed by atoms with E-state index in [0.717, 1.165) is 22.3 Å². The van der Waals surface area contributed by atoms with E-state index in [1.165, 1.54) is 11.8 Å². The predicted molar refractivity (Wildman–Crippen MR) is 114 cm³/mol. The highest BCUT2D eigenvalue weighted by molar-refractivity contribution is 8.03. The van der Waals surface area contributed by atoms with Gasteiger partial charge in [-0.25, -0.2) is 4.98 Å². The van der Waals surface area contributed by atoms with Gasteiger partial charge in [-0.3, -0.25) is 9.59 Å². The maximum atomic E-state index is 12.5. The van der Waals surface area contributed by atoms with E-state index in [4.69, 9.17) is 9.15 Å². The minimum atomic E-state index is -0.589. The van der Waals surface area contributed by atoms with Crippen LogP contribution in [0.15, 0.2) is 73.7 Å². The highest BCUT2D eigenvalue weighted by Gasteiger charge is 2.28. The van der Waals surface area contributed by atoms with Crippen molar-refractivity contribution in [3.63, 3.8) is 0 Å². The molecule has 2 aromatic carbocycles. The van der Waals surface area contributed by atoms with Gasteiger partial charge in [-0.2, -0.15) is 5.26 Å². The highest BCUT2D eigenvalue weighted by atomic mass is 32.2. The largest absolute Gasteiger partial charge is 0.457 e. The van der Waals surface area contributed by atoms with Gasteiger partial charge in [-0.15, -0.1) is 0 Å². The lowest BCUT2D eigenvalue weighted by molar-refractivity contribution is -0.144. The summed E-state index contributed by atoms with van der Waals surface area (Å²) in [4.78, 5) is 31.6. The molecule has 0 atom stereocenters. The van der Waals surface area contributed by atoms with Gasteiger partial charge in [0.15, 0.2) is 12.2 Å². The fourth-order valence-electron chi connectivity index (χ4n) is 2.84. The number of carbonyl (C=O) groups excluding carboxylic acids is 2. The zero-order valence-electron chi connectivity index (χ0n) is 15.8. The van der Waals surface area contributed by atoms with E-state index in [9.17, 15) is 14.9 Å². The molecule has 0 fully saturated rings. The van der Waals surface area contributed by atoms with Gasteiger partial charge in [0.25, 0.3) is 5.22 Å². The number of para-hydroxylation sites is 3. The Hall–Kier alpha value is -3.22. The summed E-state index contributed by atoms with van der Waals surface area (Å²) < 4.78 is 10.6. The van der Waals surface area contributed by atoms with E-state index in [0.29, 0.717) is 21.4 Å². The molecule has 0 saturated heterocycles. The average Bonchev–Trinajstić information content (AvgIpc) is 3.32. The molecule has 0 saturated carbocycles. The first-order valence-electron chi connectivity index (χ1n) is 8.89. The molecule has 150 valence electrons. The van der Waals surface area contributed by atoms with Crippen LogP contribution in [0.4, 0.5) is 5.69 Å². The van der Waals surface area contributed by atoms with E-state index >= 15 is 0 Å². The van der Waals surface area contributed by atoms with Crippen molar-refractivity contribution < 1.29 is 18.7 Å². The molecule has 3 aromatic rings. The molecule has 0 unspecified atom stereocenters. The van der Waals surface area contributed by atoms with Crippen LogP contribution in [-0.4, -0.2) is 36.1 Å². The number of hydrogen-bond donors (Lipinski definition) is 0. The molecule has 2 heterocycles. The summed E-state index contributed by atoms with van der Waals surface area (Å²) in [7, 11) is 1.79. The second-order valence-corrected chi connectivity index (χ2v) is 8.20. The Morgan fingerprint density at radius 3 is 2.77 bits per heavy atom. The molecular formula is C21H15N3O4S2. The first-order valence-corrected chi connectivity index (χ1v) is 10.7. The number of nitrogens with zero attached hydrogens (tertiary/aromatic N) is 3. The molecule has 1 aromatic heterocycles. The third-order valence-electron chi connectivity index (χ3n) is 4.29. The fraction of sp³-hybridized carbons (Fsp3) is 0.143. The van der Waals surface area contributed by atoms with Crippen molar-refractivity contribution in [2.24, 2.45) is 0 Å². The van der Waals surface area contributed by atoms with E-state index in [1.54, 1.807) is 18.0 Å². The Morgan fingerprint density at radius 1 is 1.23 bits per heavy atom. The first kappa shape index (κ1) is 20.1. The number of esters is 1. The molecular weight excluding hydrogens is 422 g/mol. The molecule has 9 heteroatoms. The van der Waals surface area contributed by atoms with Gasteiger partial charge in [-0.05, 0) is 24.3 Å². The minimum Gasteiger partial charge on any atom is -0.457 e. The van der Waals surface area contributed by atoms with Crippen LogP contribution in [0, 0.1) is 11.3 Å². The molecule has 0 aliphatic carbocycles. The van der Waals surface area contributed by atoms with Gasteiger partial charge in [0, 0.05) is 11.9 Å². The minimum absolute atomic E-state index is 0.0295. The van der Waals surface area contributed by atoms with E-state index in [1.807, 2.05) is 48.5 Å². The molecule has 0 bridgehead atoms. The zero-order chi connectivity index (χ0) is 21.1. The number of thioether (sulfide) groups is 2. The van der Waals surface area contributed by atoms with Crippen molar-refractivity contribution in [3.05, 3.63) is 59.1 Å². The fourth-order valence-corrected chi connectivity index (χ4v) is 4.64. The standard InChI is InChI=1S/C21H15N3O4S2/c1-24-15-7-3-5-9-18(15)30-20(24)13(10-22)16(25)11-27-19(26)12-29-21-23-14-6-2-4-8-17(14)28-21/h2-9H,11-12H2,1H3/b20-13+. The van der Waals surface area contributed by atoms with Crippen molar-refractivity contribution in [2.75, 3.05) is 24.3 Å². The van der Waals surface area contributed by atoms with Crippen molar-refractivity contribution in [3.8, 4) is 6.07 Å². The summed E-state index contributed by atoms with van der Waals surface area (Å²) in [6, 6.07) is 16.9. The number of oxazole rings is 1. The zero-order valence-corrected chi connectivity index (χ0v) is 17.5. The summed E-state index contributed by atoms with van der Waals surface area (Å²) in [5, 5.41) is 10.4. The van der Waals surface area contributed by atoms with E-state index in [2.05, 4.69) is 4.98 Å². The quantitative estimate of drug-likeness (QED) is 0.245. The molecule has 0 amide bonds. The van der Waals surface area contributed by atoms with Crippen molar-refractivity contribution >= 4 is 52.1 Å². The molecule has 4 rings (SSSR count). The summed E-state index contributed by atoms with van der Waals surface area (Å²) in [6.45, 7) is -0.496. The smallest absolute Gasteiger partial charge is 0.316 e. The molecule has 1 aliphatic heterocycles. The first-order chi connectivity index (χ1) is 14.6. The number of anilines is 1. The lowest BCUT2D eigenvalue weighted by Gasteiger charge is -2.14. The number of carbonyl (C=O) groups is 2. The highest BCUT2D eigenvalue weighted by Crippen LogP contribution is 2.46. The van der Waals surface area contributed by atoms with Crippen molar-refractivity contribution in [1.82, 2.24) is 4.98 Å². The van der Waals surface area contributed by atoms with E-state index < -0.39 is 18.4 Å². The summed E-state index contributed by atoms with van der Waals surface area (Å²) >= 11 is 2.43. The molecule has 0 radical (unpaired) electrons. The van der Waals surface area contributed by atoms with Gasteiger partial charge in [-0.1, -0.05) is 47.8 Å². The van der Waals surface area contributed by atoms with Crippen LogP contribution in [0.1, 0.15) is 0 Å². The number of rotatable bonds is 6. The maximum Gasteiger partial charge on any atom is 0.316 e. The van der Waals surface area contributed by atoms with Gasteiger partial charge in [0.05, 0.1) is 5.69 Å². The van der Waals surface area contributed by atoms with Crippen LogP contribution in [0.3, 0.4) is 0 Å². The molecule has 30 heavy (non-hydrogen) atoms. The Morgan fingerprint density at radius 2 is 2.00 bits per heavy atom. The second-order valence-electron chi connectivity index (χ2n) is 6.24. The summed E-state index contributed by atoms with van der Waals surface area (Å²) in [6.07, 6.45) is 0. The number of ketones is 1. The molecule has 1 aliphatic rings. The van der Waals surface area contributed by atoms with Crippen LogP contribution < -0.4 is 4.90 Å². The van der Waals surface area contributed by atoms with Gasteiger partial charge in [0.2, 0.25) is 5.78 Å². The van der Waals surface area contributed by atoms with Crippen molar-refractivity contribution in [1.29, 1.82) is 5.26 Å². The van der Waals surface area contributed by atoms with Gasteiger partial charge < -0.3 is 14.1 Å². The van der Waals surface area contributed by atoms with Crippen LogP contribution in [0.5, 0.6) is 0 Å². The van der Waals surface area contributed by atoms with Crippen LogP contribution in [0.25, 0.3) is 11.1 Å².